The molecule has 2 atom stereocenters. The van der Waals surface area contributed by atoms with Gasteiger partial charge in [-0.15, -0.1) is 11.3 Å². The molecule has 1 nitrogen and oxygen atoms in total. The van der Waals surface area contributed by atoms with Gasteiger partial charge in [0.25, 0.3) is 0 Å². The molecule has 2 unspecified atom stereocenters. The summed E-state index contributed by atoms with van der Waals surface area (Å²) in [6.45, 7) is 5.92. The molecule has 0 amide bonds. The molecule has 106 valence electrons. The summed E-state index contributed by atoms with van der Waals surface area (Å²) < 4.78 is 1.22. The van der Waals surface area contributed by atoms with Gasteiger partial charge in [-0.3, -0.25) is 0 Å². The van der Waals surface area contributed by atoms with Crippen LogP contribution in [0.2, 0.25) is 0 Å². The van der Waals surface area contributed by atoms with Gasteiger partial charge in [0.2, 0.25) is 0 Å². The first-order valence-electron chi connectivity index (χ1n) is 7.50. The molecule has 0 spiro atoms. The summed E-state index contributed by atoms with van der Waals surface area (Å²) >= 11 is 5.39. The van der Waals surface area contributed by atoms with Crippen LogP contribution in [0.5, 0.6) is 0 Å². The minimum Gasteiger partial charge on any atom is -0.307 e. The van der Waals surface area contributed by atoms with Crippen LogP contribution in [-0.2, 0) is 6.54 Å². The minimum absolute atomic E-state index is 0.339. The fraction of sp³-hybridized carbons (Fsp3) is 0.750. The number of hydrogen-bond acceptors (Lipinski definition) is 2. The maximum atomic E-state index is 3.87. The zero-order chi connectivity index (χ0) is 13.5. The van der Waals surface area contributed by atoms with Crippen LogP contribution >= 0.6 is 27.3 Å². The van der Waals surface area contributed by atoms with Crippen LogP contribution in [0.4, 0.5) is 0 Å². The van der Waals surface area contributed by atoms with E-state index in [1.807, 2.05) is 11.3 Å². The standard InChI is InChI=1S/C16H24BrNS/c1-11-3-12-4-13(5-12)8-16(2,7-11)18-9-15-6-14(17)10-19-15/h6,10-13,18H,3-5,7-9H2,1-2H3. The Balaban J connectivity index is 1.62. The molecule has 1 aromatic heterocycles. The van der Waals surface area contributed by atoms with Crippen molar-refractivity contribution in [2.45, 2.75) is 58.0 Å². The maximum absolute atomic E-state index is 3.87. The van der Waals surface area contributed by atoms with Gasteiger partial charge in [0.1, 0.15) is 0 Å². The number of halogens is 1. The summed E-state index contributed by atoms with van der Waals surface area (Å²) in [5.41, 5.74) is 0.339. The third-order valence-electron chi connectivity index (χ3n) is 4.92. The molecule has 3 heteroatoms. The molecule has 0 aromatic carbocycles. The van der Waals surface area contributed by atoms with Crippen molar-refractivity contribution in [1.82, 2.24) is 5.32 Å². The van der Waals surface area contributed by atoms with Crippen molar-refractivity contribution in [2.24, 2.45) is 17.8 Å². The Kier molecular flexibility index (Phi) is 4.08. The molecule has 2 bridgehead atoms. The largest absolute Gasteiger partial charge is 0.307 e. The van der Waals surface area contributed by atoms with Gasteiger partial charge in [-0.05, 0) is 78.8 Å². The summed E-state index contributed by atoms with van der Waals surface area (Å²) in [6, 6.07) is 2.24. The van der Waals surface area contributed by atoms with Crippen molar-refractivity contribution in [3.8, 4) is 0 Å². The average molecular weight is 342 g/mol. The summed E-state index contributed by atoms with van der Waals surface area (Å²) in [4.78, 5) is 1.44. The Morgan fingerprint density at radius 2 is 2.11 bits per heavy atom. The lowest BCUT2D eigenvalue weighted by Crippen LogP contribution is -2.48. The van der Waals surface area contributed by atoms with Gasteiger partial charge < -0.3 is 5.32 Å². The number of rotatable bonds is 3. The Labute approximate surface area is 129 Å². The topological polar surface area (TPSA) is 12.0 Å². The normalized spacial score (nSPS) is 38.4. The second-order valence-electron chi connectivity index (χ2n) is 7.10. The Morgan fingerprint density at radius 1 is 1.32 bits per heavy atom. The van der Waals surface area contributed by atoms with E-state index in [-0.39, 0.29) is 0 Å². The zero-order valence-corrected chi connectivity index (χ0v) is 14.3. The second kappa shape index (κ2) is 5.50. The third kappa shape index (κ3) is 3.43. The van der Waals surface area contributed by atoms with Crippen molar-refractivity contribution in [2.75, 3.05) is 0 Å². The molecule has 0 radical (unpaired) electrons. The number of fused-ring (bicyclic) bond motifs is 4. The van der Waals surface area contributed by atoms with Gasteiger partial charge in [0, 0.05) is 26.8 Å². The molecule has 3 fully saturated rings. The summed E-state index contributed by atoms with van der Waals surface area (Å²) in [7, 11) is 0. The first-order valence-corrected chi connectivity index (χ1v) is 9.18. The van der Waals surface area contributed by atoms with E-state index in [9.17, 15) is 0 Å². The monoisotopic (exact) mass is 341 g/mol. The van der Waals surface area contributed by atoms with Gasteiger partial charge >= 0.3 is 0 Å². The Morgan fingerprint density at radius 3 is 2.79 bits per heavy atom. The lowest BCUT2D eigenvalue weighted by atomic mass is 9.62. The summed E-state index contributed by atoms with van der Waals surface area (Å²) in [6.07, 6.45) is 7.16. The number of nitrogens with one attached hydrogen (secondary N) is 1. The van der Waals surface area contributed by atoms with E-state index in [4.69, 9.17) is 0 Å². The number of thiophene rings is 1. The van der Waals surface area contributed by atoms with Crippen molar-refractivity contribution in [1.29, 1.82) is 0 Å². The summed E-state index contributed by atoms with van der Waals surface area (Å²) in [5.74, 6) is 2.92. The van der Waals surface area contributed by atoms with Gasteiger partial charge in [0.15, 0.2) is 0 Å². The predicted molar refractivity (Wildman–Crippen MR) is 86.5 cm³/mol. The highest BCUT2D eigenvalue weighted by atomic mass is 79.9. The van der Waals surface area contributed by atoms with E-state index < -0.39 is 0 Å². The first kappa shape index (κ1) is 14.1. The molecule has 0 aliphatic heterocycles. The van der Waals surface area contributed by atoms with Crippen LogP contribution in [0.1, 0.15) is 50.8 Å². The van der Waals surface area contributed by atoms with Crippen LogP contribution in [-0.4, -0.2) is 5.54 Å². The quantitative estimate of drug-likeness (QED) is 0.796. The van der Waals surface area contributed by atoms with E-state index in [0.717, 1.165) is 24.3 Å². The molecule has 0 saturated heterocycles. The van der Waals surface area contributed by atoms with E-state index in [2.05, 4.69) is 46.5 Å². The SMILES string of the molecule is CC1CC2CC(C2)CC(C)(NCc2cc(Br)cs2)C1. The smallest absolute Gasteiger partial charge is 0.0305 e. The van der Waals surface area contributed by atoms with Crippen LogP contribution in [0.25, 0.3) is 0 Å². The van der Waals surface area contributed by atoms with Gasteiger partial charge in [-0.1, -0.05) is 6.92 Å². The van der Waals surface area contributed by atoms with Crippen LogP contribution in [0.3, 0.4) is 0 Å². The number of hydrogen-bond donors (Lipinski definition) is 1. The van der Waals surface area contributed by atoms with Crippen LogP contribution in [0, 0.1) is 17.8 Å². The van der Waals surface area contributed by atoms with E-state index in [1.54, 1.807) is 0 Å². The lowest BCUT2D eigenvalue weighted by molar-refractivity contribution is 0.0703. The van der Waals surface area contributed by atoms with Crippen molar-refractivity contribution >= 4 is 27.3 Å². The zero-order valence-electron chi connectivity index (χ0n) is 11.9. The van der Waals surface area contributed by atoms with Gasteiger partial charge in [-0.2, -0.15) is 0 Å². The molecular weight excluding hydrogens is 318 g/mol. The molecular formula is C16H24BrNS. The van der Waals surface area contributed by atoms with Crippen molar-refractivity contribution < 1.29 is 0 Å². The highest BCUT2D eigenvalue weighted by Crippen LogP contribution is 2.47. The van der Waals surface area contributed by atoms with E-state index in [0.29, 0.717) is 5.54 Å². The van der Waals surface area contributed by atoms with Crippen molar-refractivity contribution in [3.63, 3.8) is 0 Å². The second-order valence-corrected chi connectivity index (χ2v) is 9.01. The lowest BCUT2D eigenvalue weighted by Gasteiger charge is -2.47. The molecule has 4 rings (SSSR count). The Hall–Kier alpha value is 0.140. The molecule has 1 heterocycles. The molecule has 3 aliphatic rings. The summed E-state index contributed by atoms with van der Waals surface area (Å²) in [5, 5.41) is 6.05. The third-order valence-corrected chi connectivity index (χ3v) is 6.62. The highest BCUT2D eigenvalue weighted by molar-refractivity contribution is 9.10. The fourth-order valence-corrected chi connectivity index (χ4v) is 5.66. The van der Waals surface area contributed by atoms with E-state index >= 15 is 0 Å². The molecule has 19 heavy (non-hydrogen) atoms. The van der Waals surface area contributed by atoms with Gasteiger partial charge in [-0.25, -0.2) is 0 Å². The highest BCUT2D eigenvalue weighted by Gasteiger charge is 2.40. The first-order chi connectivity index (χ1) is 9.02. The Bertz CT molecular complexity index is 434. The molecule has 3 saturated carbocycles. The average Bonchev–Trinajstić information content (AvgIpc) is 2.67. The van der Waals surface area contributed by atoms with Crippen LogP contribution < -0.4 is 5.32 Å². The fourth-order valence-electron chi connectivity index (χ4n) is 4.27. The molecule has 1 N–H and O–H groups in total. The minimum atomic E-state index is 0.339. The predicted octanol–water partition coefficient (Wildman–Crippen LogP) is 5.21. The molecule has 3 aliphatic carbocycles. The maximum Gasteiger partial charge on any atom is 0.0305 e. The molecule has 1 aromatic rings. The van der Waals surface area contributed by atoms with Crippen LogP contribution in [0.15, 0.2) is 15.9 Å². The van der Waals surface area contributed by atoms with E-state index in [1.165, 1.54) is 41.5 Å². The van der Waals surface area contributed by atoms with Crippen molar-refractivity contribution in [3.05, 3.63) is 20.8 Å². The van der Waals surface area contributed by atoms with Gasteiger partial charge in [0.05, 0.1) is 0 Å².